The summed E-state index contributed by atoms with van der Waals surface area (Å²) in [5.74, 6) is -1.16. The van der Waals surface area contributed by atoms with Crippen LogP contribution in [0.3, 0.4) is 0 Å². The highest BCUT2D eigenvalue weighted by Crippen LogP contribution is 2.30. The van der Waals surface area contributed by atoms with Crippen molar-refractivity contribution < 1.29 is 17.6 Å². The lowest BCUT2D eigenvalue weighted by Crippen LogP contribution is -2.26. The Labute approximate surface area is 159 Å². The van der Waals surface area contributed by atoms with E-state index in [1.165, 1.54) is 24.4 Å². The number of anilines is 2. The summed E-state index contributed by atoms with van der Waals surface area (Å²) >= 11 is 0. The maximum absolute atomic E-state index is 14.2. The largest absolute Gasteiger partial charge is 0.328 e. The van der Waals surface area contributed by atoms with E-state index in [2.05, 4.69) is 10.3 Å². The highest BCUT2D eigenvalue weighted by Gasteiger charge is 2.30. The lowest BCUT2D eigenvalue weighted by atomic mass is 10.1. The highest BCUT2D eigenvalue weighted by atomic mass is 32.2. The van der Waals surface area contributed by atoms with E-state index < -0.39 is 21.7 Å². The van der Waals surface area contributed by atoms with Gasteiger partial charge in [0.05, 0.1) is 11.4 Å². The van der Waals surface area contributed by atoms with Crippen molar-refractivity contribution in [2.75, 3.05) is 21.9 Å². The van der Waals surface area contributed by atoms with Crippen molar-refractivity contribution in [2.24, 2.45) is 0 Å². The number of aromatic nitrogens is 1. The zero-order valence-electron chi connectivity index (χ0n) is 14.6. The molecule has 1 amide bonds. The van der Waals surface area contributed by atoms with Gasteiger partial charge in [0.25, 0.3) is 5.91 Å². The van der Waals surface area contributed by atoms with Gasteiger partial charge in [-0.3, -0.25) is 13.9 Å². The zero-order valence-corrected chi connectivity index (χ0v) is 15.4. The zero-order chi connectivity index (χ0) is 19.9. The third kappa shape index (κ3) is 3.24. The number of rotatable bonds is 3. The molecule has 9 heteroatoms. The quantitative estimate of drug-likeness (QED) is 0.704. The molecule has 144 valence electrons. The normalized spacial score (nSPS) is 15.7. The van der Waals surface area contributed by atoms with Gasteiger partial charge in [0, 0.05) is 35.4 Å². The molecule has 0 saturated carbocycles. The van der Waals surface area contributed by atoms with E-state index in [0.29, 0.717) is 22.8 Å². The van der Waals surface area contributed by atoms with Crippen LogP contribution >= 0.6 is 0 Å². The monoisotopic (exact) mass is 401 g/mol. The Morgan fingerprint density at radius 2 is 2.00 bits per heavy atom. The summed E-state index contributed by atoms with van der Waals surface area (Å²) in [6, 6.07) is 10.2. The number of hydrogen-bond acceptors (Lipinski definition) is 4. The third-order valence-electron chi connectivity index (χ3n) is 4.60. The fraction of sp³-hybridized carbons (Fsp3) is 0.158. The third-order valence-corrected chi connectivity index (χ3v) is 6.46. The number of sulfonamides is 1. The summed E-state index contributed by atoms with van der Waals surface area (Å²) in [6.45, 7) is 0.202. The fourth-order valence-electron chi connectivity index (χ4n) is 3.28. The average molecular weight is 401 g/mol. The molecule has 0 atom stereocenters. The van der Waals surface area contributed by atoms with Gasteiger partial charge in [-0.05, 0) is 36.1 Å². The van der Waals surface area contributed by atoms with E-state index in [9.17, 15) is 22.4 Å². The number of nitrogens with one attached hydrogen (secondary N) is 2. The molecule has 0 spiro atoms. The molecule has 2 N–H and O–H groups in total. The molecular weight excluding hydrogens is 385 g/mol. The van der Waals surface area contributed by atoms with Gasteiger partial charge in [-0.15, -0.1) is 0 Å². The summed E-state index contributed by atoms with van der Waals surface area (Å²) in [4.78, 5) is 26.7. The highest BCUT2D eigenvalue weighted by molar-refractivity contribution is 7.93. The Balaban J connectivity index is 1.68. The van der Waals surface area contributed by atoms with Crippen molar-refractivity contribution >= 4 is 38.1 Å². The van der Waals surface area contributed by atoms with Crippen LogP contribution in [0.2, 0.25) is 0 Å². The Morgan fingerprint density at radius 3 is 2.75 bits per heavy atom. The van der Waals surface area contributed by atoms with Crippen LogP contribution in [0.4, 0.5) is 15.8 Å². The number of aromatic amines is 1. The van der Waals surface area contributed by atoms with E-state index in [1.54, 1.807) is 18.2 Å². The molecule has 1 aliphatic rings. The number of H-pyrrole nitrogens is 1. The van der Waals surface area contributed by atoms with Crippen LogP contribution in [0.5, 0.6) is 0 Å². The smallest absolute Gasteiger partial charge is 0.256 e. The molecule has 28 heavy (non-hydrogen) atoms. The summed E-state index contributed by atoms with van der Waals surface area (Å²) in [7, 11) is -3.55. The summed E-state index contributed by atoms with van der Waals surface area (Å²) < 4.78 is 39.4. The van der Waals surface area contributed by atoms with Gasteiger partial charge in [0.1, 0.15) is 5.82 Å². The second-order valence-corrected chi connectivity index (χ2v) is 8.48. The van der Waals surface area contributed by atoms with Gasteiger partial charge >= 0.3 is 0 Å². The van der Waals surface area contributed by atoms with Gasteiger partial charge in [-0.2, -0.15) is 0 Å². The first-order chi connectivity index (χ1) is 13.3. The Hall–Kier alpha value is -3.20. The van der Waals surface area contributed by atoms with Crippen molar-refractivity contribution in [3.63, 3.8) is 0 Å². The maximum Gasteiger partial charge on any atom is 0.256 e. The van der Waals surface area contributed by atoms with Crippen LogP contribution in [0.15, 0.2) is 53.5 Å². The van der Waals surface area contributed by atoms with Crippen molar-refractivity contribution in [1.82, 2.24) is 4.98 Å². The molecule has 2 heterocycles. The van der Waals surface area contributed by atoms with E-state index in [1.807, 2.05) is 0 Å². The van der Waals surface area contributed by atoms with Crippen molar-refractivity contribution in [3.05, 3.63) is 70.4 Å². The Kier molecular flexibility index (Phi) is 4.38. The first-order valence-corrected chi connectivity index (χ1v) is 10.2. The first kappa shape index (κ1) is 18.2. The predicted molar refractivity (Wildman–Crippen MR) is 105 cm³/mol. The fourth-order valence-corrected chi connectivity index (χ4v) is 4.85. The molecule has 1 aliphatic heterocycles. The lowest BCUT2D eigenvalue weighted by molar-refractivity contribution is 0.102. The number of nitrogens with zero attached hydrogens (tertiary/aromatic N) is 1. The Bertz CT molecular complexity index is 1250. The molecule has 3 aromatic rings. The molecule has 1 aromatic heterocycles. The number of amides is 1. The van der Waals surface area contributed by atoms with Gasteiger partial charge in [-0.1, -0.05) is 12.1 Å². The number of halogens is 1. The molecule has 4 rings (SSSR count). The number of benzene rings is 2. The van der Waals surface area contributed by atoms with Crippen LogP contribution in [0, 0.1) is 5.82 Å². The topological polar surface area (TPSA) is 99.3 Å². The molecule has 0 unspecified atom stereocenters. The standard InChI is InChI=1S/C19H16FN3O4S/c20-16-6-5-13(10-17(16)23-7-2-8-28(23,26)27)22-19(25)14-4-1-3-12-9-18(24)21-11-15(12)14/h1,3-6,9-11H,2,7-8H2,(H,21,24)(H,22,25). The van der Waals surface area contributed by atoms with E-state index in [4.69, 9.17) is 0 Å². The molecule has 1 fully saturated rings. The number of pyridine rings is 1. The molecule has 2 aromatic carbocycles. The van der Waals surface area contributed by atoms with Gasteiger partial charge in [-0.25, -0.2) is 12.8 Å². The average Bonchev–Trinajstić information content (AvgIpc) is 3.01. The Morgan fingerprint density at radius 1 is 1.18 bits per heavy atom. The summed E-state index contributed by atoms with van der Waals surface area (Å²) in [5, 5.41) is 3.83. The summed E-state index contributed by atoms with van der Waals surface area (Å²) in [5.41, 5.74) is 0.232. The maximum atomic E-state index is 14.2. The lowest BCUT2D eigenvalue weighted by Gasteiger charge is -2.18. The van der Waals surface area contributed by atoms with Crippen LogP contribution in [-0.2, 0) is 10.0 Å². The van der Waals surface area contributed by atoms with Crippen LogP contribution in [0.25, 0.3) is 10.8 Å². The number of carbonyl (C=O) groups is 1. The van der Waals surface area contributed by atoms with E-state index in [-0.39, 0.29) is 29.2 Å². The SMILES string of the molecule is O=C(Nc1ccc(F)c(N2CCCS2(=O)=O)c1)c1cccc2cc(=O)[nH]cc12. The molecular formula is C19H16FN3O4S. The van der Waals surface area contributed by atoms with E-state index in [0.717, 1.165) is 10.4 Å². The predicted octanol–water partition coefficient (Wildman–Crippen LogP) is 2.46. The van der Waals surface area contributed by atoms with Gasteiger partial charge in [0.2, 0.25) is 15.6 Å². The van der Waals surface area contributed by atoms with Crippen molar-refractivity contribution in [2.45, 2.75) is 6.42 Å². The van der Waals surface area contributed by atoms with E-state index >= 15 is 0 Å². The van der Waals surface area contributed by atoms with Crippen LogP contribution in [0.1, 0.15) is 16.8 Å². The number of hydrogen-bond donors (Lipinski definition) is 2. The van der Waals surface area contributed by atoms with Crippen LogP contribution in [-0.4, -0.2) is 31.6 Å². The minimum absolute atomic E-state index is 0.0305. The van der Waals surface area contributed by atoms with Gasteiger partial charge in [0.15, 0.2) is 0 Å². The van der Waals surface area contributed by atoms with Crippen molar-refractivity contribution in [1.29, 1.82) is 0 Å². The van der Waals surface area contributed by atoms with Gasteiger partial charge < -0.3 is 10.3 Å². The second-order valence-electron chi connectivity index (χ2n) is 6.47. The first-order valence-electron chi connectivity index (χ1n) is 8.58. The van der Waals surface area contributed by atoms with Crippen molar-refractivity contribution in [3.8, 4) is 0 Å². The number of carbonyl (C=O) groups excluding carboxylic acids is 1. The molecule has 7 nitrogen and oxygen atoms in total. The second kappa shape index (κ2) is 6.75. The molecule has 0 aliphatic carbocycles. The molecule has 1 saturated heterocycles. The van der Waals surface area contributed by atoms with Crippen LogP contribution < -0.4 is 15.2 Å². The minimum Gasteiger partial charge on any atom is -0.328 e. The number of fused-ring (bicyclic) bond motifs is 1. The molecule has 0 bridgehead atoms. The minimum atomic E-state index is -3.55. The summed E-state index contributed by atoms with van der Waals surface area (Å²) in [6.07, 6.45) is 1.88. The molecule has 0 radical (unpaired) electrons.